The molecule has 1 atom stereocenters. The standard InChI is InChI=1S/C30H28N4O4S/c1-3-38-29(36)26-27(21-8-5-4-6-9-21)33-30-34(28(26)22-10-7-11-24(16-22)37-2)23(19-39-30)17-25(35)32-18-20-12-14-31-15-13-20/h4-16,19,28H,3,17-18H2,1-2H3,(H,32,35). The van der Waals surface area contributed by atoms with Crippen LogP contribution in [0.15, 0.2) is 101 Å². The van der Waals surface area contributed by atoms with Crippen LogP contribution in [0.4, 0.5) is 0 Å². The molecule has 2 aromatic carbocycles. The highest BCUT2D eigenvalue weighted by Crippen LogP contribution is 2.47. The first kappa shape index (κ1) is 26.2. The SMILES string of the molecule is CCOC(=O)C1=C(c2ccccc2)N=C2SC=C(CC(=O)NCc3ccncc3)N2C1c1cccc(OC)c1. The van der Waals surface area contributed by atoms with Crippen molar-refractivity contribution < 1.29 is 19.1 Å². The molecule has 0 radical (unpaired) electrons. The van der Waals surface area contributed by atoms with Crippen LogP contribution in [0.5, 0.6) is 5.75 Å². The van der Waals surface area contributed by atoms with Gasteiger partial charge in [0.1, 0.15) is 5.75 Å². The number of amides is 1. The number of rotatable bonds is 9. The predicted molar refractivity (Wildman–Crippen MR) is 151 cm³/mol. The van der Waals surface area contributed by atoms with E-state index < -0.39 is 12.0 Å². The third-order valence-electron chi connectivity index (χ3n) is 6.34. The molecular weight excluding hydrogens is 512 g/mol. The van der Waals surface area contributed by atoms with Gasteiger partial charge in [0.2, 0.25) is 5.91 Å². The van der Waals surface area contributed by atoms with E-state index in [2.05, 4.69) is 10.3 Å². The van der Waals surface area contributed by atoms with E-state index in [-0.39, 0.29) is 18.9 Å². The molecule has 1 unspecified atom stereocenters. The Morgan fingerprint density at radius 3 is 2.59 bits per heavy atom. The van der Waals surface area contributed by atoms with Gasteiger partial charge in [0.05, 0.1) is 37.4 Å². The average Bonchev–Trinajstić information content (AvgIpc) is 3.38. The molecule has 3 heterocycles. The zero-order valence-corrected chi connectivity index (χ0v) is 22.5. The summed E-state index contributed by atoms with van der Waals surface area (Å²) in [7, 11) is 1.61. The molecule has 0 fully saturated rings. The van der Waals surface area contributed by atoms with E-state index in [0.717, 1.165) is 22.4 Å². The van der Waals surface area contributed by atoms with Crippen molar-refractivity contribution in [1.29, 1.82) is 0 Å². The molecule has 0 saturated carbocycles. The summed E-state index contributed by atoms with van der Waals surface area (Å²) in [6, 6.07) is 20.3. The van der Waals surface area contributed by atoms with Crippen molar-refractivity contribution in [2.45, 2.75) is 25.9 Å². The maximum atomic E-state index is 13.6. The number of ether oxygens (including phenoxy) is 2. The Balaban J connectivity index is 1.54. The molecule has 2 aliphatic heterocycles. The van der Waals surface area contributed by atoms with Gasteiger partial charge in [-0.25, -0.2) is 9.79 Å². The number of hydrogen-bond acceptors (Lipinski definition) is 8. The molecule has 2 aliphatic rings. The number of thioether (sulfide) groups is 1. The van der Waals surface area contributed by atoms with Crippen molar-refractivity contribution in [2.24, 2.45) is 4.99 Å². The summed E-state index contributed by atoms with van der Waals surface area (Å²) in [5.41, 5.74) is 4.30. The lowest BCUT2D eigenvalue weighted by atomic mass is 9.91. The minimum Gasteiger partial charge on any atom is -0.497 e. The van der Waals surface area contributed by atoms with Crippen molar-refractivity contribution in [2.75, 3.05) is 13.7 Å². The molecule has 5 rings (SSSR count). The van der Waals surface area contributed by atoms with E-state index in [1.807, 2.05) is 77.0 Å². The van der Waals surface area contributed by atoms with Gasteiger partial charge in [-0.15, -0.1) is 0 Å². The lowest BCUT2D eigenvalue weighted by Crippen LogP contribution is -2.38. The number of aromatic nitrogens is 1. The van der Waals surface area contributed by atoms with E-state index in [9.17, 15) is 9.59 Å². The maximum absolute atomic E-state index is 13.6. The summed E-state index contributed by atoms with van der Waals surface area (Å²) in [6.45, 7) is 2.40. The van der Waals surface area contributed by atoms with Crippen LogP contribution in [-0.2, 0) is 20.9 Å². The smallest absolute Gasteiger partial charge is 0.338 e. The van der Waals surface area contributed by atoms with Crippen molar-refractivity contribution >= 4 is 34.5 Å². The Labute approximate surface area is 231 Å². The van der Waals surface area contributed by atoms with Gasteiger partial charge >= 0.3 is 5.97 Å². The summed E-state index contributed by atoms with van der Waals surface area (Å²) >= 11 is 1.43. The first-order valence-corrected chi connectivity index (χ1v) is 13.5. The van der Waals surface area contributed by atoms with Gasteiger partial charge < -0.3 is 19.7 Å². The Bertz CT molecular complexity index is 1450. The Morgan fingerprint density at radius 2 is 1.85 bits per heavy atom. The molecular formula is C30H28N4O4S. The van der Waals surface area contributed by atoms with E-state index >= 15 is 0 Å². The molecule has 9 heteroatoms. The largest absolute Gasteiger partial charge is 0.497 e. The second-order valence-corrected chi connectivity index (χ2v) is 9.66. The number of nitrogens with one attached hydrogen (secondary N) is 1. The Kier molecular flexibility index (Phi) is 8.07. The zero-order valence-electron chi connectivity index (χ0n) is 21.7. The van der Waals surface area contributed by atoms with Gasteiger partial charge in [-0.05, 0) is 47.7 Å². The minimum atomic E-state index is -0.573. The van der Waals surface area contributed by atoms with Crippen molar-refractivity contribution in [3.05, 3.63) is 112 Å². The number of fused-ring (bicyclic) bond motifs is 1. The van der Waals surface area contributed by atoms with E-state index in [1.165, 1.54) is 11.8 Å². The highest BCUT2D eigenvalue weighted by molar-refractivity contribution is 8.16. The summed E-state index contributed by atoms with van der Waals surface area (Å²) in [5, 5.41) is 5.59. The summed E-state index contributed by atoms with van der Waals surface area (Å²) in [5.74, 6) is 0.0682. The number of amidine groups is 1. The highest BCUT2D eigenvalue weighted by Gasteiger charge is 2.42. The molecule has 0 saturated heterocycles. The summed E-state index contributed by atoms with van der Waals surface area (Å²) in [4.78, 5) is 37.5. The zero-order chi connectivity index (χ0) is 27.2. The summed E-state index contributed by atoms with van der Waals surface area (Å²) < 4.78 is 11.1. The quantitative estimate of drug-likeness (QED) is 0.379. The normalized spacial score (nSPS) is 16.3. The molecule has 1 amide bonds. The fourth-order valence-electron chi connectivity index (χ4n) is 4.54. The van der Waals surface area contributed by atoms with Crippen LogP contribution in [0.1, 0.15) is 36.1 Å². The monoisotopic (exact) mass is 540 g/mol. The number of aliphatic imine (C=N–C) groups is 1. The van der Waals surface area contributed by atoms with Crippen molar-refractivity contribution in [3.63, 3.8) is 0 Å². The number of benzene rings is 2. The maximum Gasteiger partial charge on any atom is 0.338 e. The van der Waals surface area contributed by atoms with E-state index in [4.69, 9.17) is 14.5 Å². The Hall–Kier alpha value is -4.37. The Morgan fingerprint density at radius 1 is 1.05 bits per heavy atom. The first-order chi connectivity index (χ1) is 19.1. The predicted octanol–water partition coefficient (Wildman–Crippen LogP) is 5.07. The average molecular weight is 541 g/mol. The van der Waals surface area contributed by atoms with E-state index in [1.54, 1.807) is 26.4 Å². The van der Waals surface area contributed by atoms with Crippen LogP contribution in [0.3, 0.4) is 0 Å². The first-order valence-electron chi connectivity index (χ1n) is 12.6. The number of esters is 1. The highest BCUT2D eigenvalue weighted by atomic mass is 32.2. The minimum absolute atomic E-state index is 0.119. The summed E-state index contributed by atoms with van der Waals surface area (Å²) in [6.07, 6.45) is 3.51. The lowest BCUT2D eigenvalue weighted by molar-refractivity contribution is -0.139. The van der Waals surface area contributed by atoms with Crippen LogP contribution in [0.2, 0.25) is 0 Å². The number of methoxy groups -OCH3 is 1. The van der Waals surface area contributed by atoms with Gasteiger partial charge in [-0.2, -0.15) is 0 Å². The van der Waals surface area contributed by atoms with Gasteiger partial charge in [-0.3, -0.25) is 9.78 Å². The van der Waals surface area contributed by atoms with E-state index in [0.29, 0.717) is 28.7 Å². The number of pyridine rings is 1. The van der Waals surface area contributed by atoms with Crippen molar-refractivity contribution in [3.8, 4) is 5.75 Å². The second kappa shape index (κ2) is 12.0. The van der Waals surface area contributed by atoms with Crippen LogP contribution in [0, 0.1) is 0 Å². The van der Waals surface area contributed by atoms with Gasteiger partial charge in [0.15, 0.2) is 5.17 Å². The third kappa shape index (κ3) is 5.73. The van der Waals surface area contributed by atoms with Crippen LogP contribution >= 0.6 is 11.8 Å². The third-order valence-corrected chi connectivity index (χ3v) is 7.23. The van der Waals surface area contributed by atoms with Crippen molar-refractivity contribution in [1.82, 2.24) is 15.2 Å². The molecule has 198 valence electrons. The molecule has 39 heavy (non-hydrogen) atoms. The topological polar surface area (TPSA) is 93.1 Å². The van der Waals surface area contributed by atoms with Crippen LogP contribution in [-0.4, -0.2) is 40.6 Å². The van der Waals surface area contributed by atoms with Crippen LogP contribution in [0.25, 0.3) is 5.70 Å². The molecule has 0 spiro atoms. The molecule has 1 N–H and O–H groups in total. The molecule has 8 nitrogen and oxygen atoms in total. The van der Waals surface area contributed by atoms with Gasteiger partial charge in [-0.1, -0.05) is 54.2 Å². The molecule has 1 aromatic heterocycles. The number of carbonyl (C=O) groups excluding carboxylic acids is 2. The fraction of sp³-hybridized carbons (Fsp3) is 0.200. The van der Waals surface area contributed by atoms with Gasteiger partial charge in [0, 0.05) is 30.2 Å². The number of nitrogens with zero attached hydrogens (tertiary/aromatic N) is 3. The second-order valence-electron chi connectivity index (χ2n) is 8.83. The number of carbonyl (C=O) groups is 2. The van der Waals surface area contributed by atoms with Crippen LogP contribution < -0.4 is 10.1 Å². The lowest BCUT2D eigenvalue weighted by Gasteiger charge is -2.37. The molecule has 3 aromatic rings. The fourth-order valence-corrected chi connectivity index (χ4v) is 5.46. The molecule has 0 bridgehead atoms. The van der Waals surface area contributed by atoms with Gasteiger partial charge in [0.25, 0.3) is 0 Å². The number of hydrogen-bond donors (Lipinski definition) is 1. The molecule has 0 aliphatic carbocycles.